The van der Waals surface area contributed by atoms with Gasteiger partial charge in [-0.15, -0.1) is 0 Å². The summed E-state index contributed by atoms with van der Waals surface area (Å²) in [4.78, 5) is 7.22. The van der Waals surface area contributed by atoms with E-state index in [1.54, 1.807) is 6.33 Å². The summed E-state index contributed by atoms with van der Waals surface area (Å²) in [5.41, 5.74) is 10.0. The first kappa shape index (κ1) is 7.31. The fourth-order valence-corrected chi connectivity index (χ4v) is 1.35. The van der Waals surface area contributed by atoms with Gasteiger partial charge >= 0.3 is 0 Å². The van der Waals surface area contributed by atoms with E-state index in [-0.39, 0.29) is 0 Å². The molecule has 0 amide bonds. The van der Waals surface area contributed by atoms with Crippen LogP contribution in [0.2, 0.25) is 0 Å². The Morgan fingerprint density at radius 1 is 1.50 bits per heavy atom. The van der Waals surface area contributed by atoms with Crippen LogP contribution in [-0.4, -0.2) is 9.97 Å². The van der Waals surface area contributed by atoms with Gasteiger partial charge in [-0.05, 0) is 30.2 Å². The third kappa shape index (κ3) is 0.987. The summed E-state index contributed by atoms with van der Waals surface area (Å²) in [6.45, 7) is 2.64. The number of hydrogen-bond donors (Lipinski definition) is 2. The van der Waals surface area contributed by atoms with E-state index in [1.165, 1.54) is 5.56 Å². The predicted molar refractivity (Wildman–Crippen MR) is 48.7 cm³/mol. The quantitative estimate of drug-likeness (QED) is 0.663. The zero-order valence-electron chi connectivity index (χ0n) is 6.96. The average molecular weight is 161 g/mol. The van der Waals surface area contributed by atoms with E-state index in [0.29, 0.717) is 6.54 Å². The SMILES string of the molecule is Cc1cc2[nH]cnc2cc1CN. The lowest BCUT2D eigenvalue weighted by Crippen LogP contribution is -1.98. The largest absolute Gasteiger partial charge is 0.345 e. The molecular formula is C9H11N3. The number of aryl methyl sites for hydroxylation is 1. The van der Waals surface area contributed by atoms with Crippen LogP contribution < -0.4 is 5.73 Å². The number of fused-ring (bicyclic) bond motifs is 1. The van der Waals surface area contributed by atoms with Gasteiger partial charge in [0.25, 0.3) is 0 Å². The highest BCUT2D eigenvalue weighted by Crippen LogP contribution is 2.15. The van der Waals surface area contributed by atoms with Crippen LogP contribution in [0.5, 0.6) is 0 Å². The minimum Gasteiger partial charge on any atom is -0.345 e. The molecule has 2 aromatic rings. The number of imidazole rings is 1. The first-order valence-electron chi connectivity index (χ1n) is 3.94. The van der Waals surface area contributed by atoms with Gasteiger partial charge in [-0.1, -0.05) is 0 Å². The second kappa shape index (κ2) is 2.60. The van der Waals surface area contributed by atoms with Gasteiger partial charge in [-0.3, -0.25) is 0 Å². The van der Waals surface area contributed by atoms with Crippen molar-refractivity contribution in [3.05, 3.63) is 29.6 Å². The zero-order valence-corrected chi connectivity index (χ0v) is 6.96. The highest BCUT2D eigenvalue weighted by Gasteiger charge is 2.00. The van der Waals surface area contributed by atoms with E-state index in [9.17, 15) is 0 Å². The number of hydrogen-bond acceptors (Lipinski definition) is 2. The Labute approximate surface area is 70.6 Å². The van der Waals surface area contributed by atoms with Gasteiger partial charge in [-0.2, -0.15) is 0 Å². The fourth-order valence-electron chi connectivity index (χ4n) is 1.35. The Hall–Kier alpha value is -1.35. The molecule has 1 aromatic carbocycles. The van der Waals surface area contributed by atoms with E-state index in [2.05, 4.69) is 23.0 Å². The van der Waals surface area contributed by atoms with Gasteiger partial charge < -0.3 is 10.7 Å². The van der Waals surface area contributed by atoms with Gasteiger partial charge in [0.15, 0.2) is 0 Å². The second-order valence-electron chi connectivity index (χ2n) is 2.90. The number of rotatable bonds is 1. The van der Waals surface area contributed by atoms with Crippen LogP contribution in [0.4, 0.5) is 0 Å². The minimum atomic E-state index is 0.578. The van der Waals surface area contributed by atoms with Gasteiger partial charge in [0.1, 0.15) is 0 Å². The third-order valence-corrected chi connectivity index (χ3v) is 2.10. The topological polar surface area (TPSA) is 54.7 Å². The number of aromatic nitrogens is 2. The molecule has 1 heterocycles. The van der Waals surface area contributed by atoms with Crippen molar-refractivity contribution in [2.75, 3.05) is 0 Å². The van der Waals surface area contributed by atoms with Crippen molar-refractivity contribution in [3.63, 3.8) is 0 Å². The van der Waals surface area contributed by atoms with Crippen LogP contribution in [-0.2, 0) is 6.54 Å². The molecular weight excluding hydrogens is 150 g/mol. The number of benzene rings is 1. The van der Waals surface area contributed by atoms with E-state index in [4.69, 9.17) is 5.73 Å². The number of nitrogens with two attached hydrogens (primary N) is 1. The van der Waals surface area contributed by atoms with Crippen LogP contribution in [0.25, 0.3) is 11.0 Å². The molecule has 1 aromatic heterocycles. The highest BCUT2D eigenvalue weighted by molar-refractivity contribution is 5.76. The van der Waals surface area contributed by atoms with Gasteiger partial charge in [0, 0.05) is 6.54 Å². The lowest BCUT2D eigenvalue weighted by atomic mass is 10.1. The molecule has 0 aliphatic heterocycles. The predicted octanol–water partition coefficient (Wildman–Crippen LogP) is 1.33. The fraction of sp³-hybridized carbons (Fsp3) is 0.222. The van der Waals surface area contributed by atoms with Crippen molar-refractivity contribution >= 4 is 11.0 Å². The lowest BCUT2D eigenvalue weighted by molar-refractivity contribution is 1.05. The van der Waals surface area contributed by atoms with Crippen molar-refractivity contribution in [2.24, 2.45) is 5.73 Å². The molecule has 0 spiro atoms. The molecule has 3 nitrogen and oxygen atoms in total. The third-order valence-electron chi connectivity index (χ3n) is 2.10. The number of H-pyrrole nitrogens is 1. The Balaban J connectivity index is 2.73. The minimum absolute atomic E-state index is 0.578. The molecule has 2 rings (SSSR count). The summed E-state index contributed by atoms with van der Waals surface area (Å²) >= 11 is 0. The summed E-state index contributed by atoms with van der Waals surface area (Å²) in [6, 6.07) is 4.10. The molecule has 0 saturated carbocycles. The molecule has 62 valence electrons. The molecule has 0 unspecified atom stereocenters. The molecule has 0 fully saturated rings. The summed E-state index contributed by atoms with van der Waals surface area (Å²) in [6.07, 6.45) is 1.70. The van der Waals surface area contributed by atoms with E-state index >= 15 is 0 Å². The van der Waals surface area contributed by atoms with Crippen molar-refractivity contribution in [2.45, 2.75) is 13.5 Å². The summed E-state index contributed by atoms with van der Waals surface area (Å²) < 4.78 is 0. The number of aromatic amines is 1. The second-order valence-corrected chi connectivity index (χ2v) is 2.90. The van der Waals surface area contributed by atoms with Gasteiger partial charge in [-0.25, -0.2) is 4.98 Å². The molecule has 12 heavy (non-hydrogen) atoms. The molecule has 3 N–H and O–H groups in total. The molecule has 0 aliphatic carbocycles. The van der Waals surface area contributed by atoms with Crippen LogP contribution in [0, 0.1) is 6.92 Å². The summed E-state index contributed by atoms with van der Waals surface area (Å²) in [5.74, 6) is 0. The molecule has 3 heteroatoms. The first-order valence-corrected chi connectivity index (χ1v) is 3.94. The Bertz CT molecular complexity index is 403. The van der Waals surface area contributed by atoms with E-state index < -0.39 is 0 Å². The number of nitrogens with one attached hydrogen (secondary N) is 1. The van der Waals surface area contributed by atoms with E-state index in [0.717, 1.165) is 16.6 Å². The normalized spacial score (nSPS) is 10.8. The standard InChI is InChI=1S/C9H11N3/c1-6-2-8-9(12-5-11-8)3-7(6)4-10/h2-3,5H,4,10H2,1H3,(H,11,12). The van der Waals surface area contributed by atoms with Crippen molar-refractivity contribution in [1.29, 1.82) is 0 Å². The maximum Gasteiger partial charge on any atom is 0.0931 e. The van der Waals surface area contributed by atoms with Gasteiger partial charge in [0.05, 0.1) is 17.4 Å². The molecule has 0 bridgehead atoms. The van der Waals surface area contributed by atoms with Crippen LogP contribution in [0.3, 0.4) is 0 Å². The molecule has 0 radical (unpaired) electrons. The Morgan fingerprint density at radius 3 is 3.08 bits per heavy atom. The molecule has 0 aliphatic rings. The maximum absolute atomic E-state index is 5.57. The zero-order chi connectivity index (χ0) is 8.55. The molecule has 0 saturated heterocycles. The monoisotopic (exact) mass is 161 g/mol. The van der Waals surface area contributed by atoms with Gasteiger partial charge in [0.2, 0.25) is 0 Å². The Kier molecular flexibility index (Phi) is 1.59. The Morgan fingerprint density at radius 2 is 2.33 bits per heavy atom. The number of nitrogens with zero attached hydrogens (tertiary/aromatic N) is 1. The lowest BCUT2D eigenvalue weighted by Gasteiger charge is -2.01. The molecule has 0 atom stereocenters. The smallest absolute Gasteiger partial charge is 0.0931 e. The summed E-state index contributed by atoms with van der Waals surface area (Å²) in [7, 11) is 0. The average Bonchev–Trinajstić information content (AvgIpc) is 2.49. The van der Waals surface area contributed by atoms with Crippen molar-refractivity contribution in [1.82, 2.24) is 9.97 Å². The van der Waals surface area contributed by atoms with Crippen molar-refractivity contribution in [3.8, 4) is 0 Å². The maximum atomic E-state index is 5.57. The first-order chi connectivity index (χ1) is 5.81. The summed E-state index contributed by atoms with van der Waals surface area (Å²) in [5, 5.41) is 0. The van der Waals surface area contributed by atoms with Crippen LogP contribution in [0.15, 0.2) is 18.5 Å². The van der Waals surface area contributed by atoms with Crippen LogP contribution in [0.1, 0.15) is 11.1 Å². The van der Waals surface area contributed by atoms with Crippen LogP contribution >= 0.6 is 0 Å². The highest BCUT2D eigenvalue weighted by atomic mass is 14.9. The van der Waals surface area contributed by atoms with Crippen molar-refractivity contribution < 1.29 is 0 Å². The van der Waals surface area contributed by atoms with E-state index in [1.807, 2.05) is 6.07 Å².